The quantitative estimate of drug-likeness (QED) is 0.378. The van der Waals surface area contributed by atoms with Gasteiger partial charge in [-0.05, 0) is 49.6 Å². The van der Waals surface area contributed by atoms with Crippen molar-refractivity contribution in [2.45, 2.75) is 27.2 Å². The molecule has 0 saturated carbocycles. The highest BCUT2D eigenvalue weighted by atomic mass is 32.1. The summed E-state index contributed by atoms with van der Waals surface area (Å²) in [6.07, 6.45) is 2.44. The Bertz CT molecular complexity index is 1050. The van der Waals surface area contributed by atoms with E-state index in [1.54, 1.807) is 0 Å². The average Bonchev–Trinajstić information content (AvgIpc) is 3.10. The standard InChI is InChI=1S/C23H24N4OS/c1-5-27(4)15-25-20-11-17(3)22(12-16(20)2)28-23-19(14-24)21(26-29-23)13-18-9-7-6-8-10-18/h6-12,15H,5,13H2,1-4H3. The van der Waals surface area contributed by atoms with Crippen LogP contribution in [0.1, 0.15) is 34.9 Å². The SMILES string of the molecule is CCN(C)C=Nc1cc(C)c(Oc2snc(Cc3ccccc3)c2C#N)cc1C. The lowest BCUT2D eigenvalue weighted by Crippen LogP contribution is -2.14. The third-order valence-corrected chi connectivity index (χ3v) is 5.41. The van der Waals surface area contributed by atoms with Crippen molar-refractivity contribution in [2.24, 2.45) is 4.99 Å². The lowest BCUT2D eigenvalue weighted by Gasteiger charge is -2.12. The molecule has 0 unspecified atom stereocenters. The van der Waals surface area contributed by atoms with Crippen molar-refractivity contribution in [1.29, 1.82) is 5.26 Å². The van der Waals surface area contributed by atoms with Crippen molar-refractivity contribution < 1.29 is 4.74 Å². The van der Waals surface area contributed by atoms with Gasteiger partial charge in [0.25, 0.3) is 0 Å². The van der Waals surface area contributed by atoms with E-state index in [1.165, 1.54) is 11.5 Å². The Morgan fingerprint density at radius 2 is 1.97 bits per heavy atom. The second-order valence-corrected chi connectivity index (χ2v) is 7.63. The number of hydrogen-bond acceptors (Lipinski definition) is 5. The van der Waals surface area contributed by atoms with Crippen molar-refractivity contribution in [2.75, 3.05) is 13.6 Å². The van der Waals surface area contributed by atoms with E-state index >= 15 is 0 Å². The van der Waals surface area contributed by atoms with Gasteiger partial charge in [0.15, 0.2) is 0 Å². The van der Waals surface area contributed by atoms with Crippen LogP contribution in [0.4, 0.5) is 5.69 Å². The number of nitriles is 1. The van der Waals surface area contributed by atoms with Crippen LogP contribution < -0.4 is 4.74 Å². The molecule has 2 aromatic carbocycles. The lowest BCUT2D eigenvalue weighted by molar-refractivity contribution is 0.490. The Morgan fingerprint density at radius 1 is 1.21 bits per heavy atom. The fourth-order valence-electron chi connectivity index (χ4n) is 2.76. The van der Waals surface area contributed by atoms with Gasteiger partial charge in [-0.1, -0.05) is 30.3 Å². The van der Waals surface area contributed by atoms with Gasteiger partial charge in [-0.2, -0.15) is 9.64 Å². The summed E-state index contributed by atoms with van der Waals surface area (Å²) in [5, 5.41) is 10.2. The molecule has 0 spiro atoms. The summed E-state index contributed by atoms with van der Waals surface area (Å²) in [6.45, 7) is 6.96. The van der Waals surface area contributed by atoms with Crippen molar-refractivity contribution in [1.82, 2.24) is 9.27 Å². The molecule has 148 valence electrons. The molecule has 1 aromatic heterocycles. The second kappa shape index (κ2) is 9.35. The van der Waals surface area contributed by atoms with Crippen LogP contribution in [0.15, 0.2) is 47.5 Å². The van der Waals surface area contributed by atoms with Gasteiger partial charge >= 0.3 is 0 Å². The van der Waals surface area contributed by atoms with E-state index in [4.69, 9.17) is 4.74 Å². The van der Waals surface area contributed by atoms with E-state index in [0.717, 1.165) is 40.4 Å². The van der Waals surface area contributed by atoms with Crippen molar-refractivity contribution in [3.63, 3.8) is 0 Å². The van der Waals surface area contributed by atoms with Gasteiger partial charge in [-0.25, -0.2) is 4.99 Å². The molecular weight excluding hydrogens is 380 g/mol. The van der Waals surface area contributed by atoms with Crippen LogP contribution in [0.3, 0.4) is 0 Å². The molecule has 29 heavy (non-hydrogen) atoms. The fraction of sp³-hybridized carbons (Fsp3) is 0.261. The molecule has 0 radical (unpaired) electrons. The minimum atomic E-state index is 0.502. The Labute approximate surface area is 176 Å². The highest BCUT2D eigenvalue weighted by molar-refractivity contribution is 7.08. The second-order valence-electron chi connectivity index (χ2n) is 6.89. The van der Waals surface area contributed by atoms with Crippen molar-refractivity contribution >= 4 is 23.6 Å². The molecule has 0 bridgehead atoms. The predicted octanol–water partition coefficient (Wildman–Crippen LogP) is 5.63. The normalized spacial score (nSPS) is 10.9. The summed E-state index contributed by atoms with van der Waals surface area (Å²) >= 11 is 1.22. The minimum Gasteiger partial charge on any atom is -0.443 e. The topological polar surface area (TPSA) is 61.5 Å². The third kappa shape index (κ3) is 5.01. The zero-order valence-electron chi connectivity index (χ0n) is 17.1. The molecule has 1 heterocycles. The molecule has 0 atom stereocenters. The third-order valence-electron chi connectivity index (χ3n) is 4.65. The molecule has 3 aromatic rings. The molecule has 5 nitrogen and oxygen atoms in total. The molecule has 3 rings (SSSR count). The molecule has 0 aliphatic heterocycles. The van der Waals surface area contributed by atoms with Gasteiger partial charge in [-0.3, -0.25) is 0 Å². The van der Waals surface area contributed by atoms with E-state index in [-0.39, 0.29) is 0 Å². The van der Waals surface area contributed by atoms with Crippen LogP contribution in [0.5, 0.6) is 10.8 Å². The van der Waals surface area contributed by atoms with Gasteiger partial charge in [-0.15, -0.1) is 0 Å². The fourth-order valence-corrected chi connectivity index (χ4v) is 3.49. The first-order chi connectivity index (χ1) is 14.0. The van der Waals surface area contributed by atoms with Crippen molar-refractivity contribution in [3.8, 4) is 16.9 Å². The van der Waals surface area contributed by atoms with Gasteiger partial charge in [0.2, 0.25) is 5.06 Å². The molecule has 0 saturated heterocycles. The number of nitrogens with zero attached hydrogens (tertiary/aromatic N) is 4. The van der Waals surface area contributed by atoms with E-state index in [0.29, 0.717) is 17.0 Å². The summed E-state index contributed by atoms with van der Waals surface area (Å²) in [4.78, 5) is 6.57. The van der Waals surface area contributed by atoms with E-state index in [2.05, 4.69) is 22.4 Å². The van der Waals surface area contributed by atoms with Crippen LogP contribution in [0, 0.1) is 25.2 Å². The molecule has 0 aliphatic rings. The number of aromatic nitrogens is 1. The predicted molar refractivity (Wildman–Crippen MR) is 119 cm³/mol. The first-order valence-corrected chi connectivity index (χ1v) is 10.2. The van der Waals surface area contributed by atoms with Gasteiger partial charge in [0, 0.05) is 31.5 Å². The van der Waals surface area contributed by atoms with Crippen LogP contribution in [0.25, 0.3) is 0 Å². The largest absolute Gasteiger partial charge is 0.443 e. The number of aliphatic imine (C=N–C) groups is 1. The first kappa shape index (κ1) is 20.6. The van der Waals surface area contributed by atoms with Gasteiger partial charge < -0.3 is 9.64 Å². The zero-order chi connectivity index (χ0) is 20.8. The van der Waals surface area contributed by atoms with E-state index < -0.39 is 0 Å². The maximum absolute atomic E-state index is 9.67. The number of ether oxygens (including phenoxy) is 1. The maximum atomic E-state index is 9.67. The van der Waals surface area contributed by atoms with Crippen LogP contribution in [0.2, 0.25) is 0 Å². The van der Waals surface area contributed by atoms with E-state index in [9.17, 15) is 5.26 Å². The highest BCUT2D eigenvalue weighted by Gasteiger charge is 2.17. The number of aryl methyl sites for hydroxylation is 2. The van der Waals surface area contributed by atoms with Gasteiger partial charge in [0.05, 0.1) is 17.7 Å². The summed E-state index contributed by atoms with van der Waals surface area (Å²) in [6, 6.07) is 16.2. The number of benzene rings is 2. The minimum absolute atomic E-state index is 0.502. The Kier molecular flexibility index (Phi) is 6.63. The first-order valence-electron chi connectivity index (χ1n) is 9.48. The zero-order valence-corrected chi connectivity index (χ0v) is 18.0. The summed E-state index contributed by atoms with van der Waals surface area (Å²) in [5.74, 6) is 0.719. The maximum Gasteiger partial charge on any atom is 0.218 e. The van der Waals surface area contributed by atoms with Gasteiger partial charge in [0.1, 0.15) is 17.4 Å². The Morgan fingerprint density at radius 3 is 2.66 bits per heavy atom. The molecule has 0 amide bonds. The number of rotatable bonds is 7. The lowest BCUT2D eigenvalue weighted by atomic mass is 10.1. The molecule has 6 heteroatoms. The monoisotopic (exact) mass is 404 g/mol. The summed E-state index contributed by atoms with van der Waals surface area (Å²) < 4.78 is 10.6. The van der Waals surface area contributed by atoms with Crippen LogP contribution in [-0.2, 0) is 6.42 Å². The Hall–Kier alpha value is -3.17. The van der Waals surface area contributed by atoms with Crippen LogP contribution in [-0.4, -0.2) is 29.2 Å². The smallest absolute Gasteiger partial charge is 0.218 e. The summed E-state index contributed by atoms with van der Waals surface area (Å²) in [7, 11) is 1.99. The molecular formula is C23H24N4OS. The van der Waals surface area contributed by atoms with E-state index in [1.807, 2.05) is 74.6 Å². The van der Waals surface area contributed by atoms with Crippen LogP contribution >= 0.6 is 11.5 Å². The Balaban J connectivity index is 1.84. The van der Waals surface area contributed by atoms with Crippen molar-refractivity contribution in [3.05, 3.63) is 70.4 Å². The summed E-state index contributed by atoms with van der Waals surface area (Å²) in [5.41, 5.74) is 5.25. The molecule has 0 aliphatic carbocycles. The number of hydrogen-bond donors (Lipinski definition) is 0. The average molecular weight is 405 g/mol. The molecule has 0 fully saturated rings. The molecule has 0 N–H and O–H groups in total. The highest BCUT2D eigenvalue weighted by Crippen LogP contribution is 2.36.